The van der Waals surface area contributed by atoms with E-state index in [2.05, 4.69) is 16.1 Å². The maximum Gasteiger partial charge on any atom is 0.208 e. The highest BCUT2D eigenvalue weighted by Gasteiger charge is 2.23. The Labute approximate surface area is 87.6 Å². The van der Waals surface area contributed by atoms with Crippen molar-refractivity contribution in [2.75, 3.05) is 25.6 Å². The Morgan fingerprint density at radius 1 is 1.62 bits per heavy atom. The highest BCUT2D eigenvalue weighted by atomic mass is 32.2. The zero-order chi connectivity index (χ0) is 9.68. The second-order valence-electron chi connectivity index (χ2n) is 2.79. The van der Waals surface area contributed by atoms with Gasteiger partial charge < -0.3 is 4.90 Å². The minimum absolute atomic E-state index is 0.705. The number of rotatable bonds is 1. The maximum absolute atomic E-state index is 8.47. The van der Waals surface area contributed by atoms with Crippen molar-refractivity contribution in [2.45, 2.75) is 11.7 Å². The zero-order valence-corrected chi connectivity index (χ0v) is 9.49. The van der Waals surface area contributed by atoms with Crippen molar-refractivity contribution in [3.8, 4) is 6.19 Å². The Balaban J connectivity index is 2.54. The Hall–Kier alpha value is -0.340. The molecule has 5 heteroatoms. The predicted molar refractivity (Wildman–Crippen MR) is 60.1 cm³/mol. The summed E-state index contributed by atoms with van der Waals surface area (Å²) in [6, 6.07) is 0. The molecule has 0 N–H and O–H groups in total. The summed E-state index contributed by atoms with van der Waals surface area (Å²) in [6.07, 6.45) is 7.14. The van der Waals surface area contributed by atoms with Gasteiger partial charge in [-0.05, 0) is 18.9 Å². The van der Waals surface area contributed by atoms with E-state index in [-0.39, 0.29) is 0 Å². The van der Waals surface area contributed by atoms with Crippen LogP contribution < -0.4 is 0 Å². The van der Waals surface area contributed by atoms with Crippen molar-refractivity contribution >= 4 is 28.7 Å². The van der Waals surface area contributed by atoms with E-state index in [1.54, 1.807) is 11.8 Å². The second kappa shape index (κ2) is 5.40. The summed E-state index contributed by atoms with van der Waals surface area (Å²) < 4.78 is 0. The molecule has 0 bridgehead atoms. The number of amidine groups is 1. The first-order valence-electron chi connectivity index (χ1n) is 4.10. The summed E-state index contributed by atoms with van der Waals surface area (Å²) >= 11 is 3.44. The average molecular weight is 215 g/mol. The largest absolute Gasteiger partial charge is 0.349 e. The third-order valence-corrected chi connectivity index (χ3v) is 3.84. The summed E-state index contributed by atoms with van der Waals surface area (Å²) in [5, 5.41) is 10.0. The molecule has 0 aromatic carbocycles. The minimum atomic E-state index is 0.705. The van der Waals surface area contributed by atoms with Crippen LogP contribution in [-0.4, -0.2) is 40.9 Å². The molecule has 1 fully saturated rings. The molecule has 0 aliphatic carbocycles. The maximum atomic E-state index is 8.47. The van der Waals surface area contributed by atoms with Gasteiger partial charge in [-0.15, -0.1) is 4.99 Å². The van der Waals surface area contributed by atoms with Gasteiger partial charge in [0.05, 0.1) is 0 Å². The number of aliphatic imine (C=N–C) groups is 1. The number of hydrogen-bond acceptors (Lipinski definition) is 4. The van der Waals surface area contributed by atoms with Gasteiger partial charge in [0.25, 0.3) is 0 Å². The predicted octanol–water partition coefficient (Wildman–Crippen LogP) is 1.62. The van der Waals surface area contributed by atoms with Crippen LogP contribution in [0.2, 0.25) is 0 Å². The lowest BCUT2D eigenvalue weighted by Gasteiger charge is -2.17. The molecule has 1 atom stereocenters. The summed E-state index contributed by atoms with van der Waals surface area (Å²) in [4.78, 5) is 5.98. The van der Waals surface area contributed by atoms with Crippen LogP contribution >= 0.6 is 23.5 Å². The van der Waals surface area contributed by atoms with Crippen LogP contribution in [0.1, 0.15) is 6.42 Å². The quantitative estimate of drug-likeness (QED) is 0.378. The van der Waals surface area contributed by atoms with Crippen LogP contribution in [0.4, 0.5) is 0 Å². The number of thioether (sulfide) groups is 2. The molecule has 1 aliphatic rings. The first-order valence-corrected chi connectivity index (χ1v) is 6.61. The molecule has 1 rings (SSSR count). The molecule has 1 heterocycles. The topological polar surface area (TPSA) is 39.4 Å². The first-order chi connectivity index (χ1) is 6.31. The van der Waals surface area contributed by atoms with Crippen LogP contribution in [0.3, 0.4) is 0 Å². The molecule has 13 heavy (non-hydrogen) atoms. The molecule has 0 saturated carbocycles. The molecule has 1 unspecified atom stereocenters. The van der Waals surface area contributed by atoms with Gasteiger partial charge >= 0.3 is 0 Å². The summed E-state index contributed by atoms with van der Waals surface area (Å²) in [7, 11) is 0. The van der Waals surface area contributed by atoms with E-state index in [9.17, 15) is 0 Å². The van der Waals surface area contributed by atoms with Gasteiger partial charge in [0.2, 0.25) is 6.19 Å². The van der Waals surface area contributed by atoms with Crippen LogP contribution in [0.25, 0.3) is 0 Å². The lowest BCUT2D eigenvalue weighted by atomic mass is 10.4. The van der Waals surface area contributed by atoms with Crippen molar-refractivity contribution in [3.63, 3.8) is 0 Å². The molecule has 0 aromatic rings. The standard InChI is InChI=1S/C8H13N3S2/c1-12-7-3-4-11(5-7)8(13-2)10-6-9/h7H,3-5H2,1-2H3. The van der Waals surface area contributed by atoms with Gasteiger partial charge in [-0.1, -0.05) is 11.8 Å². The zero-order valence-electron chi connectivity index (χ0n) is 7.86. The number of nitrogens with zero attached hydrogens (tertiary/aromatic N) is 3. The number of likely N-dealkylation sites (tertiary alicyclic amines) is 1. The molecule has 1 saturated heterocycles. The van der Waals surface area contributed by atoms with Crippen molar-refractivity contribution < 1.29 is 0 Å². The molecule has 0 amide bonds. The van der Waals surface area contributed by atoms with Crippen molar-refractivity contribution in [1.29, 1.82) is 5.26 Å². The van der Waals surface area contributed by atoms with E-state index in [0.29, 0.717) is 5.25 Å². The van der Waals surface area contributed by atoms with E-state index in [1.165, 1.54) is 6.42 Å². The van der Waals surface area contributed by atoms with Crippen LogP contribution in [-0.2, 0) is 0 Å². The molecular weight excluding hydrogens is 202 g/mol. The highest BCUT2D eigenvalue weighted by Crippen LogP contribution is 2.22. The van der Waals surface area contributed by atoms with Gasteiger partial charge in [-0.3, -0.25) is 0 Å². The van der Waals surface area contributed by atoms with Crippen LogP contribution in [0, 0.1) is 11.5 Å². The van der Waals surface area contributed by atoms with Crippen molar-refractivity contribution in [3.05, 3.63) is 0 Å². The third-order valence-electron chi connectivity index (χ3n) is 2.08. The SMILES string of the molecule is CSC(=NC#N)N1CCC(SC)C1. The monoisotopic (exact) mass is 215 g/mol. The smallest absolute Gasteiger partial charge is 0.208 e. The van der Waals surface area contributed by atoms with Gasteiger partial charge in [0.15, 0.2) is 5.17 Å². The van der Waals surface area contributed by atoms with Gasteiger partial charge in [-0.2, -0.15) is 17.0 Å². The number of nitriles is 1. The fourth-order valence-corrected chi connectivity index (χ4v) is 2.61. The molecule has 0 aromatic heterocycles. The van der Waals surface area contributed by atoms with Crippen molar-refractivity contribution in [2.24, 2.45) is 4.99 Å². The molecule has 0 radical (unpaired) electrons. The van der Waals surface area contributed by atoms with Crippen LogP contribution in [0.5, 0.6) is 0 Å². The van der Waals surface area contributed by atoms with E-state index in [4.69, 9.17) is 5.26 Å². The van der Waals surface area contributed by atoms with E-state index < -0.39 is 0 Å². The Morgan fingerprint density at radius 3 is 2.85 bits per heavy atom. The second-order valence-corrected chi connectivity index (χ2v) is 4.70. The van der Waals surface area contributed by atoms with Gasteiger partial charge in [-0.25, -0.2) is 0 Å². The fraction of sp³-hybridized carbons (Fsp3) is 0.750. The van der Waals surface area contributed by atoms with E-state index in [0.717, 1.165) is 18.3 Å². The number of hydrogen-bond donors (Lipinski definition) is 0. The van der Waals surface area contributed by atoms with Gasteiger partial charge in [0.1, 0.15) is 0 Å². The van der Waals surface area contributed by atoms with Gasteiger partial charge in [0, 0.05) is 18.3 Å². The Bertz CT molecular complexity index is 234. The van der Waals surface area contributed by atoms with E-state index in [1.807, 2.05) is 24.2 Å². The van der Waals surface area contributed by atoms with Crippen LogP contribution in [0.15, 0.2) is 4.99 Å². The van der Waals surface area contributed by atoms with E-state index >= 15 is 0 Å². The molecule has 1 aliphatic heterocycles. The minimum Gasteiger partial charge on any atom is -0.349 e. The molecule has 72 valence electrons. The Morgan fingerprint density at radius 2 is 2.38 bits per heavy atom. The average Bonchev–Trinajstić information content (AvgIpc) is 2.62. The lowest BCUT2D eigenvalue weighted by molar-refractivity contribution is 0.532. The molecule has 3 nitrogen and oxygen atoms in total. The Kier molecular flexibility index (Phi) is 4.46. The molecular formula is C8H13N3S2. The first kappa shape index (κ1) is 10.7. The normalized spacial score (nSPS) is 23.3. The fourth-order valence-electron chi connectivity index (χ4n) is 1.38. The summed E-state index contributed by atoms with van der Waals surface area (Å²) in [5.74, 6) is 0. The highest BCUT2D eigenvalue weighted by molar-refractivity contribution is 8.13. The summed E-state index contributed by atoms with van der Waals surface area (Å²) in [5.41, 5.74) is 0. The molecule has 0 spiro atoms. The third kappa shape index (κ3) is 2.82. The summed E-state index contributed by atoms with van der Waals surface area (Å²) in [6.45, 7) is 2.06. The lowest BCUT2D eigenvalue weighted by Crippen LogP contribution is -2.26. The van der Waals surface area contributed by atoms with Crippen molar-refractivity contribution in [1.82, 2.24) is 4.90 Å².